The zero-order valence-electron chi connectivity index (χ0n) is 16.4. The number of nitrogens with one attached hydrogen (secondary N) is 1. The van der Waals surface area contributed by atoms with Crippen molar-refractivity contribution in [3.63, 3.8) is 0 Å². The molecular formula is C22H22N2O5S. The Morgan fingerprint density at radius 3 is 2.57 bits per heavy atom. The molecule has 0 saturated heterocycles. The molecule has 3 aromatic rings. The molecule has 0 aliphatic rings. The normalized spacial score (nSPS) is 11.1. The van der Waals surface area contributed by atoms with Gasteiger partial charge in [0.1, 0.15) is 12.4 Å². The number of pyridine rings is 1. The predicted molar refractivity (Wildman–Crippen MR) is 113 cm³/mol. The Labute approximate surface area is 175 Å². The largest absolute Gasteiger partial charge is 0.489 e. The quantitative estimate of drug-likeness (QED) is 0.564. The fourth-order valence-corrected chi connectivity index (χ4v) is 3.81. The summed E-state index contributed by atoms with van der Waals surface area (Å²) < 4.78 is 34.9. The van der Waals surface area contributed by atoms with E-state index in [9.17, 15) is 13.2 Å². The number of hydrogen-bond acceptors (Lipinski definition) is 6. The summed E-state index contributed by atoms with van der Waals surface area (Å²) in [6, 6.07) is 16.6. The number of carbonyl (C=O) groups is 1. The average molecular weight is 426 g/mol. The monoisotopic (exact) mass is 426 g/mol. The Balaban J connectivity index is 1.63. The minimum atomic E-state index is -3.44. The fraction of sp³-hybridized carbons (Fsp3) is 0.182. The van der Waals surface area contributed by atoms with E-state index >= 15 is 0 Å². The van der Waals surface area contributed by atoms with Crippen LogP contribution < -0.4 is 10.1 Å². The number of sulfone groups is 1. The molecule has 1 N–H and O–H groups in total. The molecule has 0 aliphatic heterocycles. The highest BCUT2D eigenvalue weighted by Gasteiger charge is 2.15. The maximum absolute atomic E-state index is 12.5. The lowest BCUT2D eigenvalue weighted by Crippen LogP contribution is -2.14. The van der Waals surface area contributed by atoms with Gasteiger partial charge < -0.3 is 14.8 Å². The Morgan fingerprint density at radius 1 is 1.07 bits per heavy atom. The summed E-state index contributed by atoms with van der Waals surface area (Å²) in [6.07, 6.45) is 3.42. The van der Waals surface area contributed by atoms with Gasteiger partial charge in [0.05, 0.1) is 17.3 Å². The highest BCUT2D eigenvalue weighted by molar-refractivity contribution is 7.91. The first-order valence-corrected chi connectivity index (χ1v) is 10.9. The van der Waals surface area contributed by atoms with Crippen molar-refractivity contribution < 1.29 is 22.7 Å². The van der Waals surface area contributed by atoms with Gasteiger partial charge in [-0.15, -0.1) is 0 Å². The maximum Gasteiger partial charge on any atom is 0.255 e. The van der Waals surface area contributed by atoms with Gasteiger partial charge in [-0.1, -0.05) is 12.1 Å². The van der Waals surface area contributed by atoms with E-state index in [0.717, 1.165) is 5.56 Å². The third-order valence-electron chi connectivity index (χ3n) is 4.25. The second-order valence-corrected chi connectivity index (χ2v) is 8.58. The van der Waals surface area contributed by atoms with Crippen LogP contribution in [0.3, 0.4) is 0 Å². The lowest BCUT2D eigenvalue weighted by molar-refractivity contribution is 0.102. The number of benzene rings is 2. The van der Waals surface area contributed by atoms with Gasteiger partial charge in [-0.05, 0) is 42.5 Å². The summed E-state index contributed by atoms with van der Waals surface area (Å²) in [7, 11) is -1.99. The summed E-state index contributed by atoms with van der Waals surface area (Å²) in [5.41, 5.74) is 1.86. The van der Waals surface area contributed by atoms with Crippen LogP contribution in [0.25, 0.3) is 0 Å². The molecule has 0 radical (unpaired) electrons. The third-order valence-corrected chi connectivity index (χ3v) is 5.95. The molecule has 1 heterocycles. The number of ether oxygens (including phenoxy) is 2. The van der Waals surface area contributed by atoms with Crippen LogP contribution in [0.2, 0.25) is 0 Å². The van der Waals surface area contributed by atoms with E-state index in [-0.39, 0.29) is 23.2 Å². The van der Waals surface area contributed by atoms with E-state index in [1.165, 1.54) is 31.4 Å². The van der Waals surface area contributed by atoms with Crippen LogP contribution in [-0.4, -0.2) is 38.8 Å². The molecule has 156 valence electrons. The van der Waals surface area contributed by atoms with Crippen molar-refractivity contribution in [2.24, 2.45) is 0 Å². The summed E-state index contributed by atoms with van der Waals surface area (Å²) >= 11 is 0. The van der Waals surface area contributed by atoms with E-state index in [0.29, 0.717) is 23.6 Å². The Hall–Kier alpha value is -3.23. The number of nitrogens with zero attached hydrogens (tertiary/aromatic N) is 1. The van der Waals surface area contributed by atoms with E-state index in [1.807, 2.05) is 12.1 Å². The van der Waals surface area contributed by atoms with Crippen LogP contribution >= 0.6 is 0 Å². The number of rotatable bonds is 9. The standard InChI is InChI=1S/C22H22N2O5S/c1-28-12-13-30(26,27)21-9-7-18(8-10-21)22(25)24-19-5-2-6-20(14-19)29-16-17-4-3-11-23-15-17/h2-11,14-15H,12-13,16H2,1H3,(H,24,25). The Kier molecular flexibility index (Phi) is 7.16. The topological polar surface area (TPSA) is 94.6 Å². The van der Waals surface area contributed by atoms with Crippen LogP contribution in [0, 0.1) is 0 Å². The summed E-state index contributed by atoms with van der Waals surface area (Å²) in [4.78, 5) is 16.7. The lowest BCUT2D eigenvalue weighted by atomic mass is 10.2. The second kappa shape index (κ2) is 10.00. The molecule has 2 aromatic carbocycles. The van der Waals surface area contributed by atoms with Crippen LogP contribution in [-0.2, 0) is 21.2 Å². The molecule has 0 fully saturated rings. The molecule has 0 saturated carbocycles. The Bertz CT molecular complexity index is 1080. The van der Waals surface area contributed by atoms with E-state index in [4.69, 9.17) is 9.47 Å². The van der Waals surface area contributed by atoms with Crippen molar-refractivity contribution in [3.8, 4) is 5.75 Å². The maximum atomic E-state index is 12.5. The SMILES string of the molecule is COCCS(=O)(=O)c1ccc(C(=O)Nc2cccc(OCc3cccnc3)c2)cc1. The van der Waals surface area contributed by atoms with Crippen molar-refractivity contribution in [1.29, 1.82) is 0 Å². The molecule has 1 amide bonds. The van der Waals surface area contributed by atoms with E-state index < -0.39 is 9.84 Å². The lowest BCUT2D eigenvalue weighted by Gasteiger charge is -2.10. The molecule has 1 aromatic heterocycles. The minimum Gasteiger partial charge on any atom is -0.489 e. The number of anilines is 1. The smallest absolute Gasteiger partial charge is 0.255 e. The van der Waals surface area contributed by atoms with Crippen molar-refractivity contribution in [3.05, 3.63) is 84.2 Å². The van der Waals surface area contributed by atoms with E-state index in [1.54, 1.807) is 36.7 Å². The molecule has 0 unspecified atom stereocenters. The molecule has 0 aliphatic carbocycles. The van der Waals surface area contributed by atoms with Gasteiger partial charge >= 0.3 is 0 Å². The van der Waals surface area contributed by atoms with Crippen LogP contribution in [0.5, 0.6) is 5.75 Å². The van der Waals surface area contributed by atoms with Gasteiger partial charge in [-0.25, -0.2) is 8.42 Å². The molecule has 0 bridgehead atoms. The second-order valence-electron chi connectivity index (χ2n) is 6.47. The molecule has 7 nitrogen and oxygen atoms in total. The number of carbonyl (C=O) groups excluding carboxylic acids is 1. The highest BCUT2D eigenvalue weighted by Crippen LogP contribution is 2.20. The van der Waals surface area contributed by atoms with Crippen LogP contribution in [0.15, 0.2) is 78.0 Å². The van der Waals surface area contributed by atoms with Gasteiger partial charge in [0.25, 0.3) is 5.91 Å². The summed E-state index contributed by atoms with van der Waals surface area (Å²) in [6.45, 7) is 0.480. The van der Waals surface area contributed by atoms with Crippen molar-refractivity contribution in [2.45, 2.75) is 11.5 Å². The average Bonchev–Trinajstić information content (AvgIpc) is 2.77. The summed E-state index contributed by atoms with van der Waals surface area (Å²) in [5, 5.41) is 2.79. The third kappa shape index (κ3) is 5.88. The van der Waals surface area contributed by atoms with Crippen LogP contribution in [0.1, 0.15) is 15.9 Å². The predicted octanol–water partition coefficient (Wildman–Crippen LogP) is 3.33. The first kappa shape index (κ1) is 21.5. The number of hydrogen-bond donors (Lipinski definition) is 1. The minimum absolute atomic E-state index is 0.110. The van der Waals surface area contributed by atoms with Crippen LogP contribution in [0.4, 0.5) is 5.69 Å². The zero-order valence-corrected chi connectivity index (χ0v) is 17.3. The van der Waals surface area contributed by atoms with Gasteiger partial charge in [0.15, 0.2) is 9.84 Å². The first-order valence-electron chi connectivity index (χ1n) is 9.23. The number of aromatic nitrogens is 1. The summed E-state index contributed by atoms with van der Waals surface area (Å²) in [5.74, 6) is 0.150. The molecule has 3 rings (SSSR count). The van der Waals surface area contributed by atoms with E-state index in [2.05, 4.69) is 10.3 Å². The Morgan fingerprint density at radius 2 is 1.87 bits per heavy atom. The fourth-order valence-electron chi connectivity index (χ4n) is 2.64. The van der Waals surface area contributed by atoms with Gasteiger partial charge in [-0.3, -0.25) is 9.78 Å². The molecular weight excluding hydrogens is 404 g/mol. The molecule has 0 atom stereocenters. The molecule has 30 heavy (non-hydrogen) atoms. The molecule has 0 spiro atoms. The van der Waals surface area contributed by atoms with Gasteiger partial charge in [0, 0.05) is 42.4 Å². The molecule has 8 heteroatoms. The van der Waals surface area contributed by atoms with Crippen molar-refractivity contribution in [2.75, 3.05) is 24.8 Å². The number of amides is 1. The van der Waals surface area contributed by atoms with Crippen molar-refractivity contribution >= 4 is 21.4 Å². The van der Waals surface area contributed by atoms with Gasteiger partial charge in [-0.2, -0.15) is 0 Å². The van der Waals surface area contributed by atoms with Gasteiger partial charge in [0.2, 0.25) is 0 Å². The highest BCUT2D eigenvalue weighted by atomic mass is 32.2. The number of methoxy groups -OCH3 is 1. The first-order chi connectivity index (χ1) is 14.5. The van der Waals surface area contributed by atoms with Crippen molar-refractivity contribution in [1.82, 2.24) is 4.98 Å². The zero-order chi connectivity index (χ0) is 21.4.